The van der Waals surface area contributed by atoms with Crippen LogP contribution in [-0.4, -0.2) is 46.9 Å². The van der Waals surface area contributed by atoms with Crippen molar-refractivity contribution < 1.29 is 4.79 Å². The van der Waals surface area contributed by atoms with Crippen molar-refractivity contribution in [1.29, 1.82) is 0 Å². The highest BCUT2D eigenvalue weighted by Gasteiger charge is 2.22. The van der Waals surface area contributed by atoms with Crippen molar-refractivity contribution in [3.8, 4) is 11.1 Å². The topological polar surface area (TPSA) is 39.3 Å². The summed E-state index contributed by atoms with van der Waals surface area (Å²) in [5, 5.41) is 1.29. The van der Waals surface area contributed by atoms with Gasteiger partial charge in [-0.3, -0.25) is 9.69 Å². The summed E-state index contributed by atoms with van der Waals surface area (Å²) >= 11 is 0. The molecule has 0 atom stereocenters. The third-order valence-corrected chi connectivity index (χ3v) is 5.97. The number of para-hydroxylation sites is 1. The molecule has 4 nitrogen and oxygen atoms in total. The quantitative estimate of drug-likeness (QED) is 0.539. The van der Waals surface area contributed by atoms with Crippen LogP contribution in [-0.2, 0) is 6.54 Å². The van der Waals surface area contributed by atoms with Crippen molar-refractivity contribution in [3.63, 3.8) is 0 Å². The zero-order chi connectivity index (χ0) is 20.3. The van der Waals surface area contributed by atoms with E-state index in [1.54, 1.807) is 0 Å². The average molecular weight is 396 g/mol. The first-order valence-corrected chi connectivity index (χ1v) is 10.5. The fourth-order valence-corrected chi connectivity index (χ4v) is 4.23. The van der Waals surface area contributed by atoms with Crippen LogP contribution in [0.5, 0.6) is 0 Å². The number of H-pyrrole nitrogens is 1. The van der Waals surface area contributed by atoms with E-state index >= 15 is 0 Å². The molecule has 0 radical (unpaired) electrons. The third-order valence-electron chi connectivity index (χ3n) is 5.97. The van der Waals surface area contributed by atoms with Crippen LogP contribution in [0.2, 0.25) is 0 Å². The Bertz CT molecular complexity index is 1140. The minimum absolute atomic E-state index is 0.126. The van der Waals surface area contributed by atoms with E-state index in [4.69, 9.17) is 0 Å². The van der Waals surface area contributed by atoms with Gasteiger partial charge in [-0.1, -0.05) is 60.7 Å². The van der Waals surface area contributed by atoms with Gasteiger partial charge in [-0.25, -0.2) is 0 Å². The molecule has 1 fully saturated rings. The van der Waals surface area contributed by atoms with E-state index in [2.05, 4.69) is 52.5 Å². The molecule has 0 aliphatic carbocycles. The summed E-state index contributed by atoms with van der Waals surface area (Å²) in [6, 6.07) is 26.6. The molecule has 1 aromatic heterocycles. The molecule has 0 unspecified atom stereocenters. The number of carbonyl (C=O) groups is 1. The van der Waals surface area contributed by atoms with E-state index in [-0.39, 0.29) is 5.91 Å². The molecule has 150 valence electrons. The highest BCUT2D eigenvalue weighted by molar-refractivity contribution is 5.94. The van der Waals surface area contributed by atoms with Gasteiger partial charge < -0.3 is 9.88 Å². The van der Waals surface area contributed by atoms with Crippen molar-refractivity contribution in [3.05, 3.63) is 96.2 Å². The normalized spacial score (nSPS) is 14.9. The lowest BCUT2D eigenvalue weighted by Crippen LogP contribution is -2.48. The predicted molar refractivity (Wildman–Crippen MR) is 121 cm³/mol. The maximum Gasteiger partial charge on any atom is 0.253 e. The van der Waals surface area contributed by atoms with Crippen molar-refractivity contribution in [1.82, 2.24) is 14.8 Å². The Morgan fingerprint density at radius 2 is 1.43 bits per heavy atom. The fraction of sp³-hybridized carbons (Fsp3) is 0.192. The summed E-state index contributed by atoms with van der Waals surface area (Å²) < 4.78 is 0. The molecule has 1 saturated heterocycles. The summed E-state index contributed by atoms with van der Waals surface area (Å²) in [5.74, 6) is 0.126. The van der Waals surface area contributed by atoms with Gasteiger partial charge >= 0.3 is 0 Å². The van der Waals surface area contributed by atoms with E-state index in [0.29, 0.717) is 0 Å². The summed E-state index contributed by atoms with van der Waals surface area (Å²) in [4.78, 5) is 20.7. The minimum atomic E-state index is 0.126. The number of amides is 1. The van der Waals surface area contributed by atoms with Gasteiger partial charge in [0, 0.05) is 55.4 Å². The van der Waals surface area contributed by atoms with Crippen LogP contribution in [0.25, 0.3) is 22.0 Å². The Balaban J connectivity index is 1.20. The number of fused-ring (bicyclic) bond motifs is 1. The molecular formula is C26H25N3O. The first-order chi connectivity index (χ1) is 14.8. The van der Waals surface area contributed by atoms with Crippen molar-refractivity contribution >= 4 is 16.8 Å². The van der Waals surface area contributed by atoms with Gasteiger partial charge in [0.25, 0.3) is 5.91 Å². The van der Waals surface area contributed by atoms with Gasteiger partial charge in [-0.15, -0.1) is 0 Å². The van der Waals surface area contributed by atoms with E-state index in [9.17, 15) is 4.79 Å². The minimum Gasteiger partial charge on any atom is -0.361 e. The number of aromatic nitrogens is 1. The van der Waals surface area contributed by atoms with Gasteiger partial charge in [0.1, 0.15) is 0 Å². The maximum absolute atomic E-state index is 12.9. The number of aromatic amines is 1. The van der Waals surface area contributed by atoms with Gasteiger partial charge in [0.2, 0.25) is 0 Å². The number of nitrogens with zero attached hydrogens (tertiary/aromatic N) is 2. The molecule has 1 aliphatic rings. The molecule has 0 saturated carbocycles. The second-order valence-corrected chi connectivity index (χ2v) is 7.87. The number of hydrogen-bond acceptors (Lipinski definition) is 2. The maximum atomic E-state index is 12.9. The highest BCUT2D eigenvalue weighted by Crippen LogP contribution is 2.22. The molecule has 30 heavy (non-hydrogen) atoms. The van der Waals surface area contributed by atoms with Crippen molar-refractivity contribution in [2.45, 2.75) is 6.54 Å². The molecule has 0 bridgehead atoms. The molecule has 2 heterocycles. The zero-order valence-corrected chi connectivity index (χ0v) is 16.9. The number of hydrogen-bond donors (Lipinski definition) is 1. The number of rotatable bonds is 4. The number of benzene rings is 3. The molecule has 1 amide bonds. The Morgan fingerprint density at radius 3 is 2.20 bits per heavy atom. The number of carbonyl (C=O) groups excluding carboxylic acids is 1. The second kappa shape index (κ2) is 8.17. The van der Waals surface area contributed by atoms with E-state index in [1.807, 2.05) is 47.4 Å². The Hall–Kier alpha value is -3.37. The predicted octanol–water partition coefficient (Wildman–Crippen LogP) is 4.79. The Kier molecular flexibility index (Phi) is 5.08. The van der Waals surface area contributed by atoms with Gasteiger partial charge in [0.05, 0.1) is 0 Å². The molecule has 1 aliphatic heterocycles. The molecule has 1 N–H and O–H groups in total. The number of piperazine rings is 1. The first-order valence-electron chi connectivity index (χ1n) is 10.5. The van der Waals surface area contributed by atoms with Gasteiger partial charge in [-0.05, 0) is 34.9 Å². The van der Waals surface area contributed by atoms with Crippen molar-refractivity contribution in [2.24, 2.45) is 0 Å². The lowest BCUT2D eigenvalue weighted by atomic mass is 10.0. The van der Waals surface area contributed by atoms with E-state index < -0.39 is 0 Å². The lowest BCUT2D eigenvalue weighted by Gasteiger charge is -2.34. The SMILES string of the molecule is O=C(c1ccc(-c2ccccc2)cc1)N1CCN(Cc2c[nH]c3ccccc23)CC1. The molecule has 3 aromatic carbocycles. The lowest BCUT2D eigenvalue weighted by molar-refractivity contribution is 0.0629. The first kappa shape index (κ1) is 18.6. The smallest absolute Gasteiger partial charge is 0.253 e. The number of nitrogens with one attached hydrogen (secondary N) is 1. The standard InChI is InChI=1S/C26H25N3O/c30-26(22-12-10-21(11-13-22)20-6-2-1-3-7-20)29-16-14-28(15-17-29)19-23-18-27-25-9-5-4-8-24(23)25/h1-13,18,27H,14-17,19H2. The van der Waals surface area contributed by atoms with Crippen LogP contribution in [0, 0.1) is 0 Å². The molecule has 5 rings (SSSR count). The molecule has 4 aromatic rings. The molecular weight excluding hydrogens is 370 g/mol. The zero-order valence-electron chi connectivity index (χ0n) is 16.9. The van der Waals surface area contributed by atoms with Crippen molar-refractivity contribution in [2.75, 3.05) is 26.2 Å². The summed E-state index contributed by atoms with van der Waals surface area (Å²) in [6.45, 7) is 4.24. The highest BCUT2D eigenvalue weighted by atomic mass is 16.2. The summed E-state index contributed by atoms with van der Waals surface area (Å²) in [7, 11) is 0. The largest absolute Gasteiger partial charge is 0.361 e. The average Bonchev–Trinajstić information content (AvgIpc) is 3.23. The fourth-order valence-electron chi connectivity index (χ4n) is 4.23. The Labute approximate surface area is 176 Å². The second-order valence-electron chi connectivity index (χ2n) is 7.87. The van der Waals surface area contributed by atoms with E-state index in [0.717, 1.165) is 43.9 Å². The summed E-state index contributed by atoms with van der Waals surface area (Å²) in [6.07, 6.45) is 2.11. The van der Waals surface area contributed by atoms with Gasteiger partial charge in [0.15, 0.2) is 0 Å². The van der Waals surface area contributed by atoms with Crippen LogP contribution in [0.3, 0.4) is 0 Å². The molecule has 0 spiro atoms. The third kappa shape index (κ3) is 3.74. The van der Waals surface area contributed by atoms with Gasteiger partial charge in [-0.2, -0.15) is 0 Å². The van der Waals surface area contributed by atoms with Crippen LogP contribution in [0.1, 0.15) is 15.9 Å². The Morgan fingerprint density at radius 1 is 0.767 bits per heavy atom. The van der Waals surface area contributed by atoms with E-state index in [1.165, 1.54) is 22.0 Å². The summed E-state index contributed by atoms with van der Waals surface area (Å²) in [5.41, 5.74) is 5.57. The van der Waals surface area contributed by atoms with Crippen LogP contribution >= 0.6 is 0 Å². The van der Waals surface area contributed by atoms with Crippen LogP contribution in [0.4, 0.5) is 0 Å². The van der Waals surface area contributed by atoms with Crippen LogP contribution < -0.4 is 0 Å². The monoisotopic (exact) mass is 395 g/mol. The molecule has 4 heteroatoms. The van der Waals surface area contributed by atoms with Crippen LogP contribution in [0.15, 0.2) is 85.1 Å².